The van der Waals surface area contributed by atoms with Gasteiger partial charge in [0.15, 0.2) is 0 Å². The fourth-order valence-electron chi connectivity index (χ4n) is 2.04. The first-order valence-electron chi connectivity index (χ1n) is 5.80. The number of nitrogens with zero attached hydrogens (tertiary/aromatic N) is 2. The molecule has 1 aromatic carbocycles. The van der Waals surface area contributed by atoms with Crippen LogP contribution in [-0.2, 0) is 10.0 Å². The lowest BCUT2D eigenvalue weighted by molar-refractivity contribution is 0.316. The Hall–Kier alpha value is -1.13. The molecule has 19 heavy (non-hydrogen) atoms. The fraction of sp³-hybridized carbons (Fsp3) is 0.417. The molecule has 0 aromatic heterocycles. The first kappa shape index (κ1) is 15.9. The average molecular weight is 302 g/mol. The van der Waals surface area contributed by atoms with E-state index in [1.54, 1.807) is 0 Å². The summed E-state index contributed by atoms with van der Waals surface area (Å²) in [6, 6.07) is 7.83. The van der Waals surface area contributed by atoms with Crippen LogP contribution >= 0.6 is 12.4 Å². The number of piperidine rings is 1. The minimum absolute atomic E-state index is 0. The van der Waals surface area contributed by atoms with E-state index in [-0.39, 0.29) is 23.3 Å². The molecule has 1 aliphatic heterocycles. The van der Waals surface area contributed by atoms with Crippen LogP contribution in [0.15, 0.2) is 29.2 Å². The molecule has 1 aromatic rings. The number of nitriles is 1. The third kappa shape index (κ3) is 3.45. The summed E-state index contributed by atoms with van der Waals surface area (Å²) in [7, 11) is -3.48. The lowest BCUT2D eigenvalue weighted by atomic mass is 10.1. The highest BCUT2D eigenvalue weighted by molar-refractivity contribution is 7.89. The molecule has 5 nitrogen and oxygen atoms in total. The van der Waals surface area contributed by atoms with Crippen molar-refractivity contribution in [2.45, 2.75) is 23.8 Å². The molecule has 0 saturated carbocycles. The lowest BCUT2D eigenvalue weighted by Gasteiger charge is -2.29. The molecular weight excluding hydrogens is 286 g/mol. The van der Waals surface area contributed by atoms with Gasteiger partial charge in [-0.25, -0.2) is 8.42 Å². The summed E-state index contributed by atoms with van der Waals surface area (Å²) < 4.78 is 26.1. The molecule has 0 bridgehead atoms. The van der Waals surface area contributed by atoms with Gasteiger partial charge in [-0.3, -0.25) is 0 Å². The van der Waals surface area contributed by atoms with Crippen LogP contribution in [0.3, 0.4) is 0 Å². The molecule has 2 rings (SSSR count). The highest BCUT2D eigenvalue weighted by Crippen LogP contribution is 2.20. The van der Waals surface area contributed by atoms with Crippen LogP contribution in [0.2, 0.25) is 0 Å². The Bertz CT molecular complexity index is 566. The molecule has 2 N–H and O–H groups in total. The van der Waals surface area contributed by atoms with E-state index in [9.17, 15) is 8.42 Å². The molecule has 7 heteroatoms. The monoisotopic (exact) mass is 301 g/mol. The Balaban J connectivity index is 0.00000180. The van der Waals surface area contributed by atoms with Crippen LogP contribution < -0.4 is 5.73 Å². The maximum Gasteiger partial charge on any atom is 0.243 e. The van der Waals surface area contributed by atoms with Crippen molar-refractivity contribution >= 4 is 22.4 Å². The Labute approximate surface area is 119 Å². The molecule has 0 aliphatic carbocycles. The number of hydrogen-bond donors (Lipinski definition) is 1. The first-order valence-corrected chi connectivity index (χ1v) is 7.24. The van der Waals surface area contributed by atoms with Crippen LogP contribution in [0.4, 0.5) is 0 Å². The van der Waals surface area contributed by atoms with E-state index in [4.69, 9.17) is 11.0 Å². The predicted octanol–water partition coefficient (Wildman–Crippen LogP) is 1.09. The standard InChI is InChI=1S/C12H15N3O2S.ClH/c13-8-10-3-5-12(6-4-10)18(16,17)15-7-1-2-11(14)9-15;/h3-6,11H,1-2,7,9,14H2;1H. The fourth-order valence-corrected chi connectivity index (χ4v) is 3.58. The number of rotatable bonds is 2. The Morgan fingerprint density at radius 2 is 1.95 bits per heavy atom. The second kappa shape index (κ2) is 6.35. The van der Waals surface area contributed by atoms with Gasteiger partial charge in [0.2, 0.25) is 10.0 Å². The average Bonchev–Trinajstić information content (AvgIpc) is 2.39. The quantitative estimate of drug-likeness (QED) is 0.886. The van der Waals surface area contributed by atoms with Gasteiger partial charge in [0.25, 0.3) is 0 Å². The van der Waals surface area contributed by atoms with E-state index in [0.29, 0.717) is 18.7 Å². The molecule has 104 valence electrons. The van der Waals surface area contributed by atoms with Crippen molar-refractivity contribution in [3.05, 3.63) is 29.8 Å². The summed E-state index contributed by atoms with van der Waals surface area (Å²) in [6.45, 7) is 0.873. The lowest BCUT2D eigenvalue weighted by Crippen LogP contribution is -2.45. The molecule has 1 heterocycles. The second-order valence-corrected chi connectivity index (χ2v) is 6.34. The number of sulfonamides is 1. The van der Waals surface area contributed by atoms with Crippen molar-refractivity contribution in [2.24, 2.45) is 5.73 Å². The Morgan fingerprint density at radius 1 is 1.32 bits per heavy atom. The van der Waals surface area contributed by atoms with E-state index in [1.165, 1.54) is 28.6 Å². The molecule has 0 spiro atoms. The maximum absolute atomic E-state index is 12.3. The number of hydrogen-bond acceptors (Lipinski definition) is 4. The van der Waals surface area contributed by atoms with E-state index >= 15 is 0 Å². The topological polar surface area (TPSA) is 87.2 Å². The van der Waals surface area contributed by atoms with Crippen LogP contribution in [-0.4, -0.2) is 31.9 Å². The van der Waals surface area contributed by atoms with Crippen molar-refractivity contribution in [2.75, 3.05) is 13.1 Å². The predicted molar refractivity (Wildman–Crippen MR) is 74.4 cm³/mol. The Kier molecular flexibility index (Phi) is 5.32. The molecule has 1 aliphatic rings. The smallest absolute Gasteiger partial charge is 0.243 e. The molecular formula is C12H16ClN3O2S. The van der Waals surface area contributed by atoms with Crippen LogP contribution in [0, 0.1) is 11.3 Å². The third-order valence-corrected chi connectivity index (χ3v) is 4.92. The van der Waals surface area contributed by atoms with Crippen molar-refractivity contribution in [1.82, 2.24) is 4.31 Å². The van der Waals surface area contributed by atoms with Gasteiger partial charge < -0.3 is 5.73 Å². The van der Waals surface area contributed by atoms with Gasteiger partial charge in [0.05, 0.1) is 16.5 Å². The van der Waals surface area contributed by atoms with E-state index in [1.807, 2.05) is 6.07 Å². The van der Waals surface area contributed by atoms with Gasteiger partial charge in [-0.2, -0.15) is 9.57 Å². The molecule has 1 atom stereocenters. The summed E-state index contributed by atoms with van der Waals surface area (Å²) in [5.74, 6) is 0. The minimum Gasteiger partial charge on any atom is -0.327 e. The Morgan fingerprint density at radius 3 is 2.47 bits per heavy atom. The van der Waals surface area contributed by atoms with Crippen molar-refractivity contribution in [3.8, 4) is 6.07 Å². The summed E-state index contributed by atoms with van der Waals surface area (Å²) in [4.78, 5) is 0.218. The van der Waals surface area contributed by atoms with Crippen molar-refractivity contribution < 1.29 is 8.42 Å². The van der Waals surface area contributed by atoms with Gasteiger partial charge in [0.1, 0.15) is 0 Å². The molecule has 1 saturated heterocycles. The third-order valence-electron chi connectivity index (χ3n) is 3.04. The van der Waals surface area contributed by atoms with Gasteiger partial charge >= 0.3 is 0 Å². The second-order valence-electron chi connectivity index (χ2n) is 4.40. The van der Waals surface area contributed by atoms with Crippen molar-refractivity contribution in [3.63, 3.8) is 0 Å². The van der Waals surface area contributed by atoms with E-state index < -0.39 is 10.0 Å². The maximum atomic E-state index is 12.3. The van der Waals surface area contributed by atoms with Crippen LogP contribution in [0.25, 0.3) is 0 Å². The zero-order valence-corrected chi connectivity index (χ0v) is 12.0. The largest absolute Gasteiger partial charge is 0.327 e. The zero-order valence-electron chi connectivity index (χ0n) is 10.3. The first-order chi connectivity index (χ1) is 8.54. The highest BCUT2D eigenvalue weighted by Gasteiger charge is 2.28. The SMILES string of the molecule is Cl.N#Cc1ccc(S(=O)(=O)N2CCCC(N)C2)cc1. The molecule has 0 radical (unpaired) electrons. The summed E-state index contributed by atoms with van der Waals surface area (Å²) in [6.07, 6.45) is 1.65. The van der Waals surface area contributed by atoms with Gasteiger partial charge in [0, 0.05) is 19.1 Å². The van der Waals surface area contributed by atoms with Crippen LogP contribution in [0.5, 0.6) is 0 Å². The number of halogens is 1. The number of benzene rings is 1. The van der Waals surface area contributed by atoms with E-state index in [0.717, 1.165) is 12.8 Å². The van der Waals surface area contributed by atoms with Gasteiger partial charge in [-0.15, -0.1) is 12.4 Å². The summed E-state index contributed by atoms with van der Waals surface area (Å²) in [5, 5.41) is 8.69. The minimum atomic E-state index is -3.48. The zero-order chi connectivity index (χ0) is 13.2. The number of nitrogens with two attached hydrogens (primary N) is 1. The van der Waals surface area contributed by atoms with Gasteiger partial charge in [-0.05, 0) is 37.1 Å². The van der Waals surface area contributed by atoms with Gasteiger partial charge in [-0.1, -0.05) is 0 Å². The molecule has 1 fully saturated rings. The normalized spacial score (nSPS) is 20.3. The molecule has 1 unspecified atom stereocenters. The van der Waals surface area contributed by atoms with Crippen LogP contribution in [0.1, 0.15) is 18.4 Å². The summed E-state index contributed by atoms with van der Waals surface area (Å²) in [5.41, 5.74) is 6.24. The highest BCUT2D eigenvalue weighted by atomic mass is 35.5. The molecule has 0 amide bonds. The summed E-state index contributed by atoms with van der Waals surface area (Å²) >= 11 is 0. The van der Waals surface area contributed by atoms with E-state index in [2.05, 4.69) is 0 Å². The van der Waals surface area contributed by atoms with Crippen molar-refractivity contribution in [1.29, 1.82) is 5.26 Å².